The lowest BCUT2D eigenvalue weighted by Crippen LogP contribution is -2.36. The third-order valence-electron chi connectivity index (χ3n) is 15.6. The number of nitrogens with one attached hydrogen (secondary N) is 1. The number of pyridine rings is 1. The van der Waals surface area contributed by atoms with E-state index in [1.165, 1.54) is 63.8 Å². The fourth-order valence-electron chi connectivity index (χ4n) is 11.2. The average Bonchev–Trinajstić information content (AvgIpc) is 1.81. The first-order valence-corrected chi connectivity index (χ1v) is 32.3. The molecule has 0 bridgehead atoms. The molecule has 15 heteroatoms. The molecule has 12 aromatic rings. The zero-order valence-corrected chi connectivity index (χ0v) is 52.2. The van der Waals surface area contributed by atoms with Gasteiger partial charge in [0.1, 0.15) is 60.8 Å². The van der Waals surface area contributed by atoms with Crippen LogP contribution in [0, 0.1) is 0 Å². The molecular formula is C77H74N4O10S. The smallest absolute Gasteiger partial charge is 0.231 e. The van der Waals surface area contributed by atoms with Crippen LogP contribution in [0.1, 0.15) is 35.1 Å². The summed E-state index contributed by atoms with van der Waals surface area (Å²) in [5, 5.41) is 5.59. The normalized spacial score (nSPS) is 14.4. The van der Waals surface area contributed by atoms with Crippen molar-refractivity contribution in [3.63, 3.8) is 0 Å². The number of thiazole rings is 1. The number of fused-ring (bicyclic) bond motifs is 7. The highest BCUT2D eigenvalue weighted by molar-refractivity contribution is 7.16. The zero-order chi connectivity index (χ0) is 62.2. The van der Waals surface area contributed by atoms with E-state index in [-0.39, 0.29) is 0 Å². The number of ether oxygens (including phenoxy) is 9. The SMILES string of the molecule is c1cc2c3c(c1)OCCN3CCC2.c1cc2c3c(ccnc3c1)CCO2.c1ccc2c(c1)CCCO2.c1ccc2c(c1)CCO2.c1ccc2c(c1)NCCO2.c1ccc2c(c1)OCCO2.c1ccc2c(c1)OCO2.c1ccc2occc2c1.c1ccc2scnc2c1. The molecule has 0 saturated carbocycles. The van der Waals surface area contributed by atoms with Crippen molar-refractivity contribution >= 4 is 54.8 Å². The number of benzene rings is 9. The van der Waals surface area contributed by atoms with Crippen molar-refractivity contribution in [1.29, 1.82) is 0 Å². The number of aryl methyl sites for hydroxylation is 2. The summed E-state index contributed by atoms with van der Waals surface area (Å²) in [5.74, 6) is 8.58. The Kier molecular flexibility index (Phi) is 21.8. The molecule has 11 heterocycles. The molecule has 1 N–H and O–H groups in total. The van der Waals surface area contributed by atoms with E-state index in [1.54, 1.807) is 17.6 Å². The number of hydrogen-bond acceptors (Lipinski definition) is 15. The van der Waals surface area contributed by atoms with Gasteiger partial charge in [0.25, 0.3) is 0 Å². The molecule has 0 saturated heterocycles. The number of hydrogen-bond donors (Lipinski definition) is 1. The minimum Gasteiger partial charge on any atom is -0.493 e. The second-order valence-corrected chi connectivity index (χ2v) is 22.6. The van der Waals surface area contributed by atoms with E-state index >= 15 is 0 Å². The molecule has 8 aliphatic heterocycles. The maximum atomic E-state index is 5.63. The second kappa shape index (κ2) is 32.4. The summed E-state index contributed by atoms with van der Waals surface area (Å²) >= 11 is 1.68. The summed E-state index contributed by atoms with van der Waals surface area (Å²) in [6.07, 6.45) is 10.5. The van der Waals surface area contributed by atoms with Crippen molar-refractivity contribution in [3.05, 3.63) is 259 Å². The Labute approximate surface area is 540 Å². The van der Waals surface area contributed by atoms with Crippen molar-refractivity contribution < 1.29 is 47.0 Å². The fraction of sp³-hybridized carbons (Fsp3) is 0.221. The number of aromatic nitrogens is 2. The van der Waals surface area contributed by atoms with Gasteiger partial charge in [0.2, 0.25) is 6.79 Å². The van der Waals surface area contributed by atoms with Gasteiger partial charge >= 0.3 is 0 Å². The van der Waals surface area contributed by atoms with Gasteiger partial charge < -0.3 is 57.3 Å². The van der Waals surface area contributed by atoms with Crippen LogP contribution in [0.2, 0.25) is 0 Å². The summed E-state index contributed by atoms with van der Waals surface area (Å²) in [5.41, 5.74) is 12.9. The molecular weight excluding hydrogens is 1170 g/mol. The highest BCUT2D eigenvalue weighted by Crippen LogP contribution is 2.39. The first kappa shape index (κ1) is 61.8. The van der Waals surface area contributed by atoms with Gasteiger partial charge in [0, 0.05) is 42.9 Å². The topological polar surface area (TPSA) is 137 Å². The molecule has 14 nitrogen and oxygen atoms in total. The Bertz CT molecular complexity index is 3780. The number of para-hydroxylation sites is 11. The molecule has 0 atom stereocenters. The lowest BCUT2D eigenvalue weighted by Gasteiger charge is -2.36. The van der Waals surface area contributed by atoms with Gasteiger partial charge in [-0.3, -0.25) is 4.98 Å². The molecule has 0 fully saturated rings. The molecule has 0 aliphatic carbocycles. The molecule has 20 rings (SSSR count). The van der Waals surface area contributed by atoms with Gasteiger partial charge in [-0.15, -0.1) is 11.3 Å². The molecule has 0 amide bonds. The van der Waals surface area contributed by atoms with Crippen LogP contribution in [0.4, 0.5) is 11.4 Å². The van der Waals surface area contributed by atoms with E-state index in [2.05, 4.69) is 68.7 Å². The predicted molar refractivity (Wildman–Crippen MR) is 366 cm³/mol. The second-order valence-electron chi connectivity index (χ2n) is 21.7. The van der Waals surface area contributed by atoms with Gasteiger partial charge in [-0.2, -0.15) is 0 Å². The molecule has 0 spiro atoms. The van der Waals surface area contributed by atoms with E-state index < -0.39 is 0 Å². The maximum absolute atomic E-state index is 5.63. The van der Waals surface area contributed by atoms with E-state index in [0.717, 1.165) is 145 Å². The highest BCUT2D eigenvalue weighted by atomic mass is 32.1. The maximum Gasteiger partial charge on any atom is 0.231 e. The van der Waals surface area contributed by atoms with Crippen LogP contribution in [0.15, 0.2) is 241 Å². The lowest BCUT2D eigenvalue weighted by atomic mass is 10.0. The molecule has 9 aromatic carbocycles. The van der Waals surface area contributed by atoms with E-state index in [1.807, 2.05) is 182 Å². The fourth-order valence-corrected chi connectivity index (χ4v) is 11.9. The van der Waals surface area contributed by atoms with Crippen LogP contribution < -0.4 is 52.8 Å². The molecule has 3 aromatic heterocycles. The number of rotatable bonds is 0. The molecule has 92 heavy (non-hydrogen) atoms. The standard InChI is InChI=1S/C11H13NO.C11H9NO.C9H10O.C8H9NO.C8H8O2.C8H8O.C8H6O.C7H5NS.C7H6O2/c1-3-9-4-2-6-12-7-8-13-10(5-1)11(9)12;1-2-9-11-8(4-6-12-9)5-7-13-10(11)3-1;1-2-6-9-8(4-1)5-3-7-10-9;2*1-2-4-8-7(3-1)9-5-6-10-8;2*1-2-4-8-7(3-1)5-6-9-8;2*1-2-4-7-6(3-1)8-5-9-7/h1,3,5H,2,4,6-8H2;1-4,6H,5,7H2;1-2,4,6H,3,5,7H2;1-4,9H,5-6H2;1-4H,5-6H2;1-4H,5-6H2;1-6H;1-5H;1-4H,5H2. The molecule has 468 valence electrons. The van der Waals surface area contributed by atoms with Gasteiger partial charge in [-0.25, -0.2) is 4.98 Å². The van der Waals surface area contributed by atoms with Crippen molar-refractivity contribution in [2.45, 2.75) is 38.5 Å². The average molecular weight is 1250 g/mol. The third-order valence-corrected chi connectivity index (χ3v) is 16.5. The van der Waals surface area contributed by atoms with E-state index in [9.17, 15) is 0 Å². The minimum atomic E-state index is 0.360. The summed E-state index contributed by atoms with van der Waals surface area (Å²) in [4.78, 5) is 10.9. The summed E-state index contributed by atoms with van der Waals surface area (Å²) < 4.78 is 54.4. The zero-order valence-electron chi connectivity index (χ0n) is 51.4. The summed E-state index contributed by atoms with van der Waals surface area (Å²) in [7, 11) is 0. The van der Waals surface area contributed by atoms with Crippen LogP contribution in [-0.2, 0) is 25.7 Å². The number of furan rings is 1. The van der Waals surface area contributed by atoms with Crippen molar-refractivity contribution in [1.82, 2.24) is 9.97 Å². The lowest BCUT2D eigenvalue weighted by molar-refractivity contribution is 0.171. The van der Waals surface area contributed by atoms with Gasteiger partial charge in [0.15, 0.2) is 23.0 Å². The third kappa shape index (κ3) is 16.7. The van der Waals surface area contributed by atoms with E-state index in [4.69, 9.17) is 47.0 Å². The molecule has 0 radical (unpaired) electrons. The Hall–Kier alpha value is -10.4. The molecule has 8 aliphatic rings. The van der Waals surface area contributed by atoms with Gasteiger partial charge in [-0.1, -0.05) is 121 Å². The van der Waals surface area contributed by atoms with Crippen LogP contribution >= 0.6 is 11.3 Å². The monoisotopic (exact) mass is 1250 g/mol. The van der Waals surface area contributed by atoms with Gasteiger partial charge in [0.05, 0.1) is 65.2 Å². The Morgan fingerprint density at radius 3 is 1.66 bits per heavy atom. The number of anilines is 2. The van der Waals surface area contributed by atoms with Gasteiger partial charge in [-0.05, 0) is 145 Å². The van der Waals surface area contributed by atoms with Crippen molar-refractivity contribution in [2.24, 2.45) is 0 Å². The Morgan fingerprint density at radius 2 is 0.924 bits per heavy atom. The first-order valence-electron chi connectivity index (χ1n) is 31.4. The largest absolute Gasteiger partial charge is 0.493 e. The van der Waals surface area contributed by atoms with Crippen LogP contribution in [0.25, 0.3) is 32.1 Å². The Balaban J connectivity index is 0.000000100. The van der Waals surface area contributed by atoms with Crippen LogP contribution in [0.3, 0.4) is 0 Å². The summed E-state index contributed by atoms with van der Waals surface area (Å²) in [6, 6.07) is 72.3. The van der Waals surface area contributed by atoms with Crippen molar-refractivity contribution in [3.8, 4) is 51.7 Å². The van der Waals surface area contributed by atoms with Crippen LogP contribution in [0.5, 0.6) is 51.7 Å². The number of nitrogens with zero attached hydrogens (tertiary/aromatic N) is 3. The predicted octanol–water partition coefficient (Wildman–Crippen LogP) is 16.7. The highest BCUT2D eigenvalue weighted by Gasteiger charge is 2.24. The first-order chi connectivity index (χ1) is 45.7. The quantitative estimate of drug-likeness (QED) is 0.154. The summed E-state index contributed by atoms with van der Waals surface area (Å²) in [6.45, 7) is 9.02. The Morgan fingerprint density at radius 1 is 0.370 bits per heavy atom. The molecule has 0 unspecified atom stereocenters. The van der Waals surface area contributed by atoms with Crippen LogP contribution in [-0.4, -0.2) is 82.6 Å². The van der Waals surface area contributed by atoms with Crippen molar-refractivity contribution in [2.75, 3.05) is 82.9 Å². The minimum absolute atomic E-state index is 0.360. The van der Waals surface area contributed by atoms with E-state index in [0.29, 0.717) is 20.0 Å².